The molecule has 0 atom stereocenters. The first-order valence-corrected chi connectivity index (χ1v) is 11.0. The molecule has 3 rings (SSSR count). The molecular weight excluding hydrogens is 447 g/mol. The summed E-state index contributed by atoms with van der Waals surface area (Å²) in [6.07, 6.45) is 0. The van der Waals surface area contributed by atoms with Gasteiger partial charge in [-0.15, -0.1) is 0 Å². The van der Waals surface area contributed by atoms with Crippen LogP contribution in [-0.4, -0.2) is 28.0 Å². The minimum absolute atomic E-state index is 0.0302. The number of carbonyl (C=O) groups is 1. The summed E-state index contributed by atoms with van der Waals surface area (Å²) in [4.78, 5) is 12.8. The van der Waals surface area contributed by atoms with E-state index in [1.165, 1.54) is 25.3 Å². The average Bonchev–Trinajstić information content (AvgIpc) is 2.72. The van der Waals surface area contributed by atoms with Crippen LogP contribution in [0.5, 0.6) is 5.75 Å². The van der Waals surface area contributed by atoms with E-state index in [0.717, 1.165) is 4.31 Å². The monoisotopic (exact) mass is 464 g/mol. The molecule has 0 heterocycles. The van der Waals surface area contributed by atoms with Crippen LogP contribution in [0.1, 0.15) is 0 Å². The zero-order valence-corrected chi connectivity index (χ0v) is 18.2. The molecule has 0 radical (unpaired) electrons. The topological polar surface area (TPSA) is 75.7 Å². The Kier molecular flexibility index (Phi) is 6.87. The SMILES string of the molecule is COc1ccc(Cl)cc1N(CC(=O)Nc1cccc(Cl)c1)S(=O)(=O)c1ccccc1. The van der Waals surface area contributed by atoms with Crippen LogP contribution >= 0.6 is 23.2 Å². The second-order valence-electron chi connectivity index (χ2n) is 6.20. The summed E-state index contributed by atoms with van der Waals surface area (Å²) in [6, 6.07) is 18.9. The van der Waals surface area contributed by atoms with Gasteiger partial charge in [0.15, 0.2) is 0 Å². The van der Waals surface area contributed by atoms with Crippen molar-refractivity contribution in [2.24, 2.45) is 0 Å². The Hall–Kier alpha value is -2.74. The first-order valence-electron chi connectivity index (χ1n) is 8.78. The number of hydrogen-bond donors (Lipinski definition) is 1. The maximum Gasteiger partial charge on any atom is 0.264 e. The second kappa shape index (κ2) is 9.38. The molecule has 0 saturated heterocycles. The maximum atomic E-state index is 13.4. The molecule has 0 aliphatic rings. The van der Waals surface area contributed by atoms with Crippen LogP contribution in [0.25, 0.3) is 0 Å². The van der Waals surface area contributed by atoms with Crippen molar-refractivity contribution in [3.63, 3.8) is 0 Å². The van der Waals surface area contributed by atoms with E-state index in [1.54, 1.807) is 54.6 Å². The maximum absolute atomic E-state index is 13.4. The van der Waals surface area contributed by atoms with Gasteiger partial charge in [-0.05, 0) is 48.5 Å². The van der Waals surface area contributed by atoms with Crippen LogP contribution in [0.2, 0.25) is 10.0 Å². The number of amides is 1. The van der Waals surface area contributed by atoms with Crippen LogP contribution in [0.3, 0.4) is 0 Å². The Morgan fingerprint density at radius 1 is 0.967 bits per heavy atom. The summed E-state index contributed by atoms with van der Waals surface area (Å²) in [5, 5.41) is 3.40. The van der Waals surface area contributed by atoms with Gasteiger partial charge < -0.3 is 10.1 Å². The minimum atomic E-state index is -4.09. The van der Waals surface area contributed by atoms with Crippen molar-refractivity contribution in [2.45, 2.75) is 4.90 Å². The molecule has 0 aromatic heterocycles. The van der Waals surface area contributed by atoms with E-state index in [1.807, 2.05) is 0 Å². The van der Waals surface area contributed by atoms with Gasteiger partial charge in [0, 0.05) is 15.7 Å². The number of ether oxygens (including phenoxy) is 1. The second-order valence-corrected chi connectivity index (χ2v) is 8.93. The van der Waals surface area contributed by atoms with E-state index in [2.05, 4.69) is 5.32 Å². The number of anilines is 2. The van der Waals surface area contributed by atoms with Gasteiger partial charge in [-0.3, -0.25) is 9.10 Å². The molecular formula is C21H18Cl2N2O4S. The molecule has 6 nitrogen and oxygen atoms in total. The van der Waals surface area contributed by atoms with Gasteiger partial charge in [0.05, 0.1) is 17.7 Å². The summed E-state index contributed by atoms with van der Waals surface area (Å²) in [5.41, 5.74) is 0.595. The number of sulfonamides is 1. The van der Waals surface area contributed by atoms with Gasteiger partial charge in [-0.1, -0.05) is 47.5 Å². The van der Waals surface area contributed by atoms with Gasteiger partial charge in [-0.25, -0.2) is 8.42 Å². The highest BCUT2D eigenvalue weighted by Gasteiger charge is 2.29. The van der Waals surface area contributed by atoms with Gasteiger partial charge in [0.2, 0.25) is 5.91 Å². The highest BCUT2D eigenvalue weighted by Crippen LogP contribution is 2.34. The van der Waals surface area contributed by atoms with E-state index in [-0.39, 0.29) is 16.3 Å². The largest absolute Gasteiger partial charge is 0.495 e. The van der Waals surface area contributed by atoms with Crippen molar-refractivity contribution in [1.29, 1.82) is 0 Å². The predicted octanol–water partition coefficient (Wildman–Crippen LogP) is 4.84. The predicted molar refractivity (Wildman–Crippen MR) is 119 cm³/mol. The number of nitrogens with one attached hydrogen (secondary N) is 1. The van der Waals surface area contributed by atoms with E-state index in [9.17, 15) is 13.2 Å². The standard InChI is InChI=1S/C21H18Cl2N2O4S/c1-29-20-11-10-16(23)13-19(20)25(30(27,28)18-8-3-2-4-9-18)14-21(26)24-17-7-5-6-15(22)12-17/h2-13H,14H2,1H3,(H,24,26). The van der Waals surface area contributed by atoms with Crippen molar-refractivity contribution in [3.8, 4) is 5.75 Å². The number of rotatable bonds is 7. The Morgan fingerprint density at radius 2 is 1.67 bits per heavy atom. The fraction of sp³-hybridized carbons (Fsp3) is 0.0952. The van der Waals surface area contributed by atoms with Gasteiger partial charge in [0.1, 0.15) is 12.3 Å². The molecule has 0 aliphatic carbocycles. The molecule has 1 amide bonds. The molecule has 3 aromatic carbocycles. The number of benzene rings is 3. The molecule has 0 saturated carbocycles. The quantitative estimate of drug-likeness (QED) is 0.542. The summed E-state index contributed by atoms with van der Waals surface area (Å²) in [7, 11) is -2.68. The van der Waals surface area contributed by atoms with Gasteiger partial charge >= 0.3 is 0 Å². The molecule has 3 aromatic rings. The van der Waals surface area contributed by atoms with E-state index >= 15 is 0 Å². The summed E-state index contributed by atoms with van der Waals surface area (Å²) >= 11 is 12.1. The van der Waals surface area contributed by atoms with Gasteiger partial charge in [0.25, 0.3) is 10.0 Å². The van der Waals surface area contributed by atoms with Crippen LogP contribution in [0.15, 0.2) is 77.7 Å². The molecule has 1 N–H and O–H groups in total. The number of halogens is 2. The Bertz CT molecular complexity index is 1150. The van der Waals surface area contributed by atoms with Crippen molar-refractivity contribution in [1.82, 2.24) is 0 Å². The molecule has 0 aliphatic heterocycles. The Balaban J connectivity index is 2.02. The number of carbonyl (C=O) groups excluding carboxylic acids is 1. The first kappa shape index (κ1) is 22.0. The lowest BCUT2D eigenvalue weighted by Crippen LogP contribution is -2.38. The molecule has 0 bridgehead atoms. The van der Waals surface area contributed by atoms with Crippen LogP contribution < -0.4 is 14.4 Å². The third-order valence-corrected chi connectivity index (χ3v) is 6.38. The summed E-state index contributed by atoms with van der Waals surface area (Å²) in [5.74, 6) is -0.298. The first-order chi connectivity index (χ1) is 14.3. The lowest BCUT2D eigenvalue weighted by molar-refractivity contribution is -0.114. The highest BCUT2D eigenvalue weighted by atomic mass is 35.5. The van der Waals surface area contributed by atoms with Crippen molar-refractivity contribution in [2.75, 3.05) is 23.3 Å². The molecule has 9 heteroatoms. The van der Waals surface area contributed by atoms with Crippen molar-refractivity contribution < 1.29 is 17.9 Å². The number of methoxy groups -OCH3 is 1. The minimum Gasteiger partial charge on any atom is -0.495 e. The normalized spacial score (nSPS) is 11.0. The molecule has 0 unspecified atom stereocenters. The lowest BCUT2D eigenvalue weighted by atomic mass is 10.3. The van der Waals surface area contributed by atoms with E-state index in [4.69, 9.17) is 27.9 Å². The van der Waals surface area contributed by atoms with Crippen molar-refractivity contribution in [3.05, 3.63) is 82.8 Å². The lowest BCUT2D eigenvalue weighted by Gasteiger charge is -2.26. The van der Waals surface area contributed by atoms with E-state index < -0.39 is 22.5 Å². The smallest absolute Gasteiger partial charge is 0.264 e. The van der Waals surface area contributed by atoms with Crippen LogP contribution in [0, 0.1) is 0 Å². The Labute approximate surface area is 185 Å². The van der Waals surface area contributed by atoms with Crippen molar-refractivity contribution >= 4 is 50.5 Å². The van der Waals surface area contributed by atoms with Crippen LogP contribution in [-0.2, 0) is 14.8 Å². The fourth-order valence-electron chi connectivity index (χ4n) is 2.77. The third-order valence-electron chi connectivity index (χ3n) is 4.14. The summed E-state index contributed by atoms with van der Waals surface area (Å²) < 4.78 is 33.0. The highest BCUT2D eigenvalue weighted by molar-refractivity contribution is 7.92. The molecule has 30 heavy (non-hydrogen) atoms. The fourth-order valence-corrected chi connectivity index (χ4v) is 4.58. The third kappa shape index (κ3) is 5.05. The van der Waals surface area contributed by atoms with Gasteiger partial charge in [-0.2, -0.15) is 0 Å². The molecule has 0 spiro atoms. The van der Waals surface area contributed by atoms with E-state index in [0.29, 0.717) is 15.7 Å². The molecule has 156 valence electrons. The zero-order chi connectivity index (χ0) is 21.7. The Morgan fingerprint density at radius 3 is 2.33 bits per heavy atom. The summed E-state index contributed by atoms with van der Waals surface area (Å²) in [6.45, 7) is -0.500. The average molecular weight is 465 g/mol. The zero-order valence-electron chi connectivity index (χ0n) is 15.9. The number of hydrogen-bond acceptors (Lipinski definition) is 4. The van der Waals surface area contributed by atoms with Crippen LogP contribution in [0.4, 0.5) is 11.4 Å². The molecule has 0 fully saturated rings. The number of nitrogens with zero attached hydrogens (tertiary/aromatic N) is 1.